The molecule has 4 rings (SSSR count). The summed E-state index contributed by atoms with van der Waals surface area (Å²) in [6.07, 6.45) is -13.4. The summed E-state index contributed by atoms with van der Waals surface area (Å²) < 4.78 is 113. The van der Waals surface area contributed by atoms with Crippen LogP contribution in [0.25, 0.3) is 0 Å². The first-order chi connectivity index (χ1) is 23.9. The number of nitrogens with zero attached hydrogens (tertiary/aromatic N) is 1. The van der Waals surface area contributed by atoms with E-state index >= 15 is 4.39 Å². The minimum atomic E-state index is -4.98. The van der Waals surface area contributed by atoms with Crippen LogP contribution in [0, 0.1) is 11.7 Å². The third-order valence-corrected chi connectivity index (χ3v) is 8.48. The van der Waals surface area contributed by atoms with E-state index < -0.39 is 77.9 Å². The van der Waals surface area contributed by atoms with Gasteiger partial charge in [0.2, 0.25) is 5.91 Å². The van der Waals surface area contributed by atoms with E-state index in [1.165, 1.54) is 18.3 Å². The predicted molar refractivity (Wildman–Crippen MR) is 170 cm³/mol. The number of rotatable bonds is 13. The molecule has 1 aromatic heterocycles. The molecule has 0 radical (unpaired) electrons. The van der Waals surface area contributed by atoms with Gasteiger partial charge in [0, 0.05) is 37.1 Å². The van der Waals surface area contributed by atoms with Crippen molar-refractivity contribution >= 4 is 23.5 Å². The van der Waals surface area contributed by atoms with Crippen LogP contribution >= 0.6 is 11.6 Å². The highest BCUT2D eigenvalue weighted by Crippen LogP contribution is 2.37. The van der Waals surface area contributed by atoms with E-state index in [4.69, 9.17) is 11.6 Å². The first-order valence-corrected chi connectivity index (χ1v) is 15.9. The van der Waals surface area contributed by atoms with Gasteiger partial charge >= 0.3 is 24.7 Å². The molecule has 1 fully saturated rings. The van der Waals surface area contributed by atoms with E-state index in [1.54, 1.807) is 30.3 Å². The number of carbonyl (C=O) groups excluding carboxylic acids is 2. The summed E-state index contributed by atoms with van der Waals surface area (Å²) in [6.45, 7) is 3.05. The van der Waals surface area contributed by atoms with Gasteiger partial charge in [-0.25, -0.2) is 9.18 Å². The number of nitrogens with one attached hydrogen (secondary N) is 3. The molecule has 0 bridgehead atoms. The molecule has 1 heterocycles. The largest absolute Gasteiger partial charge is 0.513 e. The molecule has 2 aromatic carbocycles. The topological polar surface area (TPSA) is 113 Å². The normalized spacial score (nSPS) is 18.3. The van der Waals surface area contributed by atoms with Gasteiger partial charge in [0.05, 0.1) is 16.5 Å². The number of carbonyl (C=O) groups is 2. The number of hydrogen-bond acceptors (Lipinski definition) is 5. The molecule has 4 N–H and O–H groups in total. The number of amides is 3. The van der Waals surface area contributed by atoms with Crippen molar-refractivity contribution in [3.63, 3.8) is 0 Å². The molecule has 51 heavy (non-hydrogen) atoms. The number of benzene rings is 2. The highest BCUT2D eigenvalue weighted by atomic mass is 35.5. The van der Waals surface area contributed by atoms with Crippen molar-refractivity contribution in [1.82, 2.24) is 20.9 Å². The Labute approximate surface area is 292 Å². The van der Waals surface area contributed by atoms with Crippen LogP contribution in [0.15, 0.2) is 79.2 Å². The lowest BCUT2D eigenvalue weighted by Crippen LogP contribution is -2.55. The van der Waals surface area contributed by atoms with Crippen LogP contribution in [0.2, 0.25) is 5.02 Å². The Hall–Kier alpha value is -4.60. The summed E-state index contributed by atoms with van der Waals surface area (Å²) in [5.41, 5.74) is -1.47. The molecule has 276 valence electrons. The van der Waals surface area contributed by atoms with E-state index in [-0.39, 0.29) is 48.4 Å². The minimum Gasteiger partial charge on any atom is -0.513 e. The molecule has 17 heteroatoms. The summed E-state index contributed by atoms with van der Waals surface area (Å²) in [6, 6.07) is 9.66. The monoisotopic (exact) mass is 748 g/mol. The van der Waals surface area contributed by atoms with Crippen molar-refractivity contribution in [2.24, 2.45) is 5.92 Å². The van der Waals surface area contributed by atoms with Crippen molar-refractivity contribution in [1.29, 1.82) is 0 Å². The van der Waals surface area contributed by atoms with Gasteiger partial charge in [0.15, 0.2) is 0 Å². The van der Waals surface area contributed by atoms with Gasteiger partial charge in [0.1, 0.15) is 23.1 Å². The molecule has 1 unspecified atom stereocenters. The van der Waals surface area contributed by atoms with Crippen LogP contribution < -0.4 is 20.7 Å². The molecule has 0 aliphatic heterocycles. The van der Waals surface area contributed by atoms with Crippen LogP contribution in [0.5, 0.6) is 5.75 Å². The van der Waals surface area contributed by atoms with Crippen molar-refractivity contribution in [2.75, 3.05) is 0 Å². The molecular weight excluding hydrogens is 716 g/mol. The zero-order chi connectivity index (χ0) is 37.6. The fourth-order valence-electron chi connectivity index (χ4n) is 5.81. The molecule has 1 saturated carbocycles. The van der Waals surface area contributed by atoms with Crippen molar-refractivity contribution < 1.29 is 54.6 Å². The molecule has 2 atom stereocenters. The van der Waals surface area contributed by atoms with Gasteiger partial charge in [0.25, 0.3) is 0 Å². The third-order valence-electron chi connectivity index (χ3n) is 8.26. The minimum absolute atomic E-state index is 0.0493. The second kappa shape index (κ2) is 16.2. The van der Waals surface area contributed by atoms with Crippen LogP contribution in [0.1, 0.15) is 48.9 Å². The van der Waals surface area contributed by atoms with E-state index in [9.17, 15) is 45.4 Å². The highest BCUT2D eigenvalue weighted by Gasteiger charge is 2.46. The molecular formula is C34H33ClF8N4O4. The number of aliphatic hydroxyl groups excluding tert-OH is 1. The molecule has 0 saturated heterocycles. The van der Waals surface area contributed by atoms with Crippen LogP contribution in [-0.4, -0.2) is 52.8 Å². The second-order valence-electron chi connectivity index (χ2n) is 12.1. The maximum Gasteiger partial charge on any atom is 0.461 e. The van der Waals surface area contributed by atoms with Crippen LogP contribution in [-0.2, 0) is 16.8 Å². The maximum absolute atomic E-state index is 15.1. The van der Waals surface area contributed by atoms with E-state index in [1.807, 2.05) is 5.32 Å². The quantitative estimate of drug-likeness (QED) is 0.105. The smallest absolute Gasteiger partial charge is 0.461 e. The lowest BCUT2D eigenvalue weighted by Gasteiger charge is -2.37. The standard InChI is InChI=1S/C34H33ClF8N4O4/c1-19(48)13-28(33(39,40)41)46-29(49)21-7-10-25(11-8-21)45-31(50)47-32(17-20-5-3-2-4-6-20,27-12-9-23(35)18-44-27)22-14-24(36)16-26(15-22)51-34(42,43)30(37)38/h2-6,9,12,14-16,18,21,25,28,30,48H,1,7-8,10-11,13,17H2,(H,46,49)(H2,45,47,50)/t21-,25+,28?,32-/m0/s1. The number of aliphatic hydroxyl groups is 1. The van der Waals surface area contributed by atoms with Crippen molar-refractivity contribution in [3.05, 3.63) is 107 Å². The summed E-state index contributed by atoms with van der Waals surface area (Å²) in [7, 11) is 0. The number of urea groups is 1. The molecule has 1 aliphatic rings. The lowest BCUT2D eigenvalue weighted by atomic mass is 9.80. The molecule has 3 amide bonds. The SMILES string of the molecule is C=C(O)CC(NC(=O)[C@H]1CC[C@@H](NC(=O)N[C@@](Cc2ccccc2)(c2cc(F)cc(OC(F)(F)C(F)F)c2)c2ccc(Cl)cn2)CC1)C(F)(F)F. The fourth-order valence-corrected chi connectivity index (χ4v) is 5.92. The van der Waals surface area contributed by atoms with Gasteiger partial charge in [-0.05, 0) is 61.1 Å². The van der Waals surface area contributed by atoms with Crippen LogP contribution in [0.3, 0.4) is 0 Å². The lowest BCUT2D eigenvalue weighted by molar-refractivity contribution is -0.253. The fraction of sp³-hybridized carbons (Fsp3) is 0.382. The van der Waals surface area contributed by atoms with Gasteiger partial charge in [-0.2, -0.15) is 30.7 Å². The molecule has 3 aromatic rings. The summed E-state index contributed by atoms with van der Waals surface area (Å²) in [5, 5.41) is 16.8. The second-order valence-corrected chi connectivity index (χ2v) is 12.5. The third kappa shape index (κ3) is 10.5. The predicted octanol–water partition coefficient (Wildman–Crippen LogP) is 7.96. The number of pyridine rings is 1. The van der Waals surface area contributed by atoms with Crippen LogP contribution in [0.4, 0.5) is 39.9 Å². The van der Waals surface area contributed by atoms with E-state index in [2.05, 4.69) is 26.9 Å². The Bertz CT molecular complexity index is 1670. The van der Waals surface area contributed by atoms with Gasteiger partial charge in [-0.1, -0.05) is 48.5 Å². The summed E-state index contributed by atoms with van der Waals surface area (Å²) in [4.78, 5) is 30.7. The van der Waals surface area contributed by atoms with Gasteiger partial charge in [-0.3, -0.25) is 9.78 Å². The van der Waals surface area contributed by atoms with E-state index in [0.29, 0.717) is 11.6 Å². The Morgan fingerprint density at radius 3 is 2.24 bits per heavy atom. The average molecular weight is 749 g/mol. The summed E-state index contributed by atoms with van der Waals surface area (Å²) >= 11 is 6.07. The Kier molecular flexibility index (Phi) is 12.4. The molecule has 0 spiro atoms. The van der Waals surface area contributed by atoms with Crippen molar-refractivity contribution in [2.45, 2.75) is 74.9 Å². The number of hydrogen-bond donors (Lipinski definition) is 4. The number of aromatic nitrogens is 1. The molecule has 1 aliphatic carbocycles. The maximum atomic E-state index is 15.1. The zero-order valence-corrected chi connectivity index (χ0v) is 27.4. The average Bonchev–Trinajstić information content (AvgIpc) is 3.04. The Morgan fingerprint density at radius 2 is 1.67 bits per heavy atom. The van der Waals surface area contributed by atoms with Gasteiger partial charge in [-0.15, -0.1) is 0 Å². The Morgan fingerprint density at radius 1 is 1.00 bits per heavy atom. The van der Waals surface area contributed by atoms with Gasteiger partial charge < -0.3 is 25.8 Å². The first kappa shape index (κ1) is 39.2. The van der Waals surface area contributed by atoms with Crippen molar-refractivity contribution in [3.8, 4) is 5.75 Å². The number of halogens is 9. The Balaban J connectivity index is 1.62. The number of ether oxygens (including phenoxy) is 1. The molecule has 8 nitrogen and oxygen atoms in total. The highest BCUT2D eigenvalue weighted by molar-refractivity contribution is 6.30. The van der Waals surface area contributed by atoms with E-state index in [0.717, 1.165) is 12.1 Å². The zero-order valence-electron chi connectivity index (χ0n) is 26.6. The number of alkyl halides is 7. The summed E-state index contributed by atoms with van der Waals surface area (Å²) in [5.74, 6) is -4.57. The first-order valence-electron chi connectivity index (χ1n) is 15.5.